The molecule has 0 saturated heterocycles. The molecule has 0 aliphatic heterocycles. The number of hydrogen-bond acceptors (Lipinski definition) is 5. The molecule has 0 spiro atoms. The molecule has 0 atom stereocenters. The first kappa shape index (κ1) is 16.3. The fourth-order valence-electron chi connectivity index (χ4n) is 1.46. The number of hydrogen-bond donors (Lipinski definition) is 4. The van der Waals surface area contributed by atoms with Crippen LogP contribution in [0.2, 0.25) is 0 Å². The molecule has 6 nitrogen and oxygen atoms in total. The maximum Gasteiger partial charge on any atom is 0.221 e. The SMILES string of the molecule is CCNC(=O)CCN(CCO)CCNCCO. The van der Waals surface area contributed by atoms with E-state index in [1.165, 1.54) is 0 Å². The molecule has 0 aromatic rings. The molecular formula is C11H25N3O3. The van der Waals surface area contributed by atoms with Crippen molar-refractivity contribution in [2.75, 3.05) is 52.5 Å². The minimum Gasteiger partial charge on any atom is -0.395 e. The van der Waals surface area contributed by atoms with Gasteiger partial charge >= 0.3 is 0 Å². The number of nitrogens with zero attached hydrogens (tertiary/aromatic N) is 1. The highest BCUT2D eigenvalue weighted by Crippen LogP contribution is 1.91. The highest BCUT2D eigenvalue weighted by atomic mass is 16.3. The first-order valence-electron chi connectivity index (χ1n) is 6.16. The topological polar surface area (TPSA) is 84.8 Å². The highest BCUT2D eigenvalue weighted by Gasteiger charge is 2.06. The summed E-state index contributed by atoms with van der Waals surface area (Å²) < 4.78 is 0. The zero-order chi connectivity index (χ0) is 12.9. The summed E-state index contributed by atoms with van der Waals surface area (Å²) in [5.41, 5.74) is 0. The van der Waals surface area contributed by atoms with Crippen LogP contribution in [0.5, 0.6) is 0 Å². The lowest BCUT2D eigenvalue weighted by Gasteiger charge is -2.21. The Kier molecular flexibility index (Phi) is 11.3. The number of rotatable bonds is 11. The number of amides is 1. The average Bonchev–Trinajstić information content (AvgIpc) is 2.32. The first-order chi connectivity index (χ1) is 8.24. The van der Waals surface area contributed by atoms with Crippen LogP contribution in [-0.4, -0.2) is 73.5 Å². The quantitative estimate of drug-likeness (QED) is 0.330. The Morgan fingerprint density at radius 3 is 2.47 bits per heavy atom. The van der Waals surface area contributed by atoms with Gasteiger partial charge < -0.3 is 20.8 Å². The lowest BCUT2D eigenvalue weighted by molar-refractivity contribution is -0.121. The van der Waals surface area contributed by atoms with Crippen LogP contribution in [0.3, 0.4) is 0 Å². The summed E-state index contributed by atoms with van der Waals surface area (Å²) in [6.45, 7) is 6.06. The number of carbonyl (C=O) groups is 1. The summed E-state index contributed by atoms with van der Waals surface area (Å²) in [6, 6.07) is 0. The smallest absolute Gasteiger partial charge is 0.221 e. The van der Waals surface area contributed by atoms with Gasteiger partial charge in [-0.05, 0) is 6.92 Å². The summed E-state index contributed by atoms with van der Waals surface area (Å²) in [4.78, 5) is 13.3. The summed E-state index contributed by atoms with van der Waals surface area (Å²) >= 11 is 0. The second-order valence-corrected chi connectivity index (χ2v) is 3.74. The largest absolute Gasteiger partial charge is 0.395 e. The van der Waals surface area contributed by atoms with E-state index in [9.17, 15) is 4.79 Å². The van der Waals surface area contributed by atoms with Gasteiger partial charge in [0.15, 0.2) is 0 Å². The minimum atomic E-state index is 0.0405. The third-order valence-corrected chi connectivity index (χ3v) is 2.34. The first-order valence-corrected chi connectivity index (χ1v) is 6.16. The van der Waals surface area contributed by atoms with Crippen molar-refractivity contribution in [2.24, 2.45) is 0 Å². The molecule has 0 aliphatic rings. The van der Waals surface area contributed by atoms with Crippen LogP contribution >= 0.6 is 0 Å². The van der Waals surface area contributed by atoms with Crippen LogP contribution < -0.4 is 10.6 Å². The van der Waals surface area contributed by atoms with E-state index in [2.05, 4.69) is 10.6 Å². The molecule has 6 heteroatoms. The van der Waals surface area contributed by atoms with Crippen LogP contribution in [-0.2, 0) is 4.79 Å². The van der Waals surface area contributed by atoms with Crippen molar-refractivity contribution in [1.29, 1.82) is 0 Å². The molecule has 0 saturated carbocycles. The Bertz CT molecular complexity index is 191. The van der Waals surface area contributed by atoms with E-state index in [-0.39, 0.29) is 19.1 Å². The molecule has 0 fully saturated rings. The van der Waals surface area contributed by atoms with E-state index in [1.54, 1.807) is 0 Å². The predicted octanol–water partition coefficient (Wildman–Crippen LogP) is -1.61. The fraction of sp³-hybridized carbons (Fsp3) is 0.909. The van der Waals surface area contributed by atoms with Gasteiger partial charge in [-0.2, -0.15) is 0 Å². The van der Waals surface area contributed by atoms with Crippen molar-refractivity contribution in [3.63, 3.8) is 0 Å². The summed E-state index contributed by atoms with van der Waals surface area (Å²) in [5, 5.41) is 23.3. The molecule has 0 radical (unpaired) electrons. The molecular weight excluding hydrogens is 222 g/mol. The Labute approximate surface area is 103 Å². The molecule has 102 valence electrons. The number of nitrogens with one attached hydrogen (secondary N) is 2. The normalized spacial score (nSPS) is 10.8. The molecule has 0 aliphatic carbocycles. The van der Waals surface area contributed by atoms with Crippen LogP contribution in [0.1, 0.15) is 13.3 Å². The molecule has 17 heavy (non-hydrogen) atoms. The second-order valence-electron chi connectivity index (χ2n) is 3.74. The molecule has 0 bridgehead atoms. The Hall–Kier alpha value is -0.690. The summed E-state index contributed by atoms with van der Waals surface area (Å²) in [7, 11) is 0. The zero-order valence-corrected chi connectivity index (χ0v) is 10.6. The van der Waals surface area contributed by atoms with Crippen molar-refractivity contribution < 1.29 is 15.0 Å². The molecule has 0 aromatic carbocycles. The Morgan fingerprint density at radius 1 is 1.12 bits per heavy atom. The van der Waals surface area contributed by atoms with Crippen LogP contribution in [0, 0.1) is 0 Å². The van der Waals surface area contributed by atoms with Gasteiger partial charge in [0.05, 0.1) is 13.2 Å². The van der Waals surface area contributed by atoms with Gasteiger partial charge in [-0.3, -0.25) is 9.69 Å². The highest BCUT2D eigenvalue weighted by molar-refractivity contribution is 5.75. The van der Waals surface area contributed by atoms with Crippen LogP contribution in [0.4, 0.5) is 0 Å². The van der Waals surface area contributed by atoms with E-state index in [0.29, 0.717) is 32.6 Å². The van der Waals surface area contributed by atoms with Crippen molar-refractivity contribution in [3.05, 3.63) is 0 Å². The molecule has 1 amide bonds. The van der Waals surface area contributed by atoms with Gasteiger partial charge in [-0.1, -0.05) is 0 Å². The second kappa shape index (κ2) is 11.8. The lowest BCUT2D eigenvalue weighted by atomic mass is 10.3. The van der Waals surface area contributed by atoms with Crippen molar-refractivity contribution in [1.82, 2.24) is 15.5 Å². The van der Waals surface area contributed by atoms with Gasteiger partial charge in [0.25, 0.3) is 0 Å². The Morgan fingerprint density at radius 2 is 1.88 bits per heavy atom. The summed E-state index contributed by atoms with van der Waals surface area (Å²) in [6.07, 6.45) is 0.452. The zero-order valence-electron chi connectivity index (χ0n) is 10.6. The minimum absolute atomic E-state index is 0.0405. The Balaban J connectivity index is 3.69. The molecule has 4 N–H and O–H groups in total. The molecule has 0 heterocycles. The van der Waals surface area contributed by atoms with E-state index < -0.39 is 0 Å². The maximum absolute atomic E-state index is 11.3. The van der Waals surface area contributed by atoms with Crippen LogP contribution in [0.15, 0.2) is 0 Å². The standard InChI is InChI=1S/C11H25N3O3/c1-2-13-11(17)3-6-14(8-10-16)7-4-12-5-9-15/h12,15-16H,2-10H2,1H3,(H,13,17). The lowest BCUT2D eigenvalue weighted by Crippen LogP contribution is -2.37. The maximum atomic E-state index is 11.3. The van der Waals surface area contributed by atoms with E-state index >= 15 is 0 Å². The van der Waals surface area contributed by atoms with E-state index in [0.717, 1.165) is 13.1 Å². The fourth-order valence-corrected chi connectivity index (χ4v) is 1.46. The number of aliphatic hydroxyl groups is 2. The van der Waals surface area contributed by atoms with Crippen LogP contribution in [0.25, 0.3) is 0 Å². The van der Waals surface area contributed by atoms with Gasteiger partial charge in [0.2, 0.25) is 5.91 Å². The van der Waals surface area contributed by atoms with E-state index in [1.807, 2.05) is 11.8 Å². The third-order valence-electron chi connectivity index (χ3n) is 2.34. The monoisotopic (exact) mass is 247 g/mol. The average molecular weight is 247 g/mol. The molecule has 0 rings (SSSR count). The van der Waals surface area contributed by atoms with Crippen molar-refractivity contribution in [2.45, 2.75) is 13.3 Å². The molecule has 0 unspecified atom stereocenters. The van der Waals surface area contributed by atoms with Gasteiger partial charge in [-0.25, -0.2) is 0 Å². The van der Waals surface area contributed by atoms with Gasteiger partial charge in [0, 0.05) is 45.7 Å². The van der Waals surface area contributed by atoms with Crippen molar-refractivity contribution in [3.8, 4) is 0 Å². The predicted molar refractivity (Wildman–Crippen MR) is 66.8 cm³/mol. The van der Waals surface area contributed by atoms with Crippen molar-refractivity contribution >= 4 is 5.91 Å². The third kappa shape index (κ3) is 10.2. The van der Waals surface area contributed by atoms with E-state index in [4.69, 9.17) is 10.2 Å². The molecule has 0 aromatic heterocycles. The summed E-state index contributed by atoms with van der Waals surface area (Å²) in [5.74, 6) is 0.0405. The van der Waals surface area contributed by atoms with Gasteiger partial charge in [-0.15, -0.1) is 0 Å². The number of aliphatic hydroxyl groups excluding tert-OH is 2. The van der Waals surface area contributed by atoms with Gasteiger partial charge in [0.1, 0.15) is 0 Å². The number of carbonyl (C=O) groups excluding carboxylic acids is 1.